The monoisotopic (exact) mass is 273 g/mol. The molecule has 2 aromatic rings. The Balaban J connectivity index is 2.36. The van der Waals surface area contributed by atoms with Gasteiger partial charge in [0.1, 0.15) is 0 Å². The van der Waals surface area contributed by atoms with Crippen molar-refractivity contribution in [3.8, 4) is 6.07 Å². The molecule has 1 heterocycles. The summed E-state index contributed by atoms with van der Waals surface area (Å²) in [7, 11) is -3.65. The molecule has 1 aromatic carbocycles. The Labute approximate surface area is 111 Å². The van der Waals surface area contributed by atoms with Gasteiger partial charge in [-0.1, -0.05) is 0 Å². The molecule has 1 N–H and O–H groups in total. The molecule has 6 heteroatoms. The van der Waals surface area contributed by atoms with Gasteiger partial charge in [-0.05, 0) is 42.8 Å². The third-order valence-corrected chi connectivity index (χ3v) is 3.94. The van der Waals surface area contributed by atoms with Gasteiger partial charge in [0.25, 0.3) is 10.0 Å². The topological polar surface area (TPSA) is 82.8 Å². The lowest BCUT2D eigenvalue weighted by atomic mass is 10.1. The summed E-state index contributed by atoms with van der Waals surface area (Å²) in [6.45, 7) is 1.70. The third kappa shape index (κ3) is 2.89. The van der Waals surface area contributed by atoms with Gasteiger partial charge in [-0.3, -0.25) is 9.71 Å². The molecule has 0 spiro atoms. The van der Waals surface area contributed by atoms with Crippen LogP contribution in [0.5, 0.6) is 0 Å². The summed E-state index contributed by atoms with van der Waals surface area (Å²) in [5, 5.41) is 8.83. The maximum atomic E-state index is 12.1. The molecular formula is C13H11N3O2S. The molecule has 0 saturated heterocycles. The second-order valence-corrected chi connectivity index (χ2v) is 5.61. The zero-order chi connectivity index (χ0) is 13.9. The molecule has 0 aliphatic carbocycles. The third-order valence-electron chi connectivity index (χ3n) is 2.56. The fourth-order valence-corrected chi connectivity index (χ4v) is 2.71. The van der Waals surface area contributed by atoms with Crippen LogP contribution in [0.1, 0.15) is 11.1 Å². The summed E-state index contributed by atoms with van der Waals surface area (Å²) in [4.78, 5) is 3.94. The van der Waals surface area contributed by atoms with Gasteiger partial charge in [-0.25, -0.2) is 8.42 Å². The van der Waals surface area contributed by atoms with Crippen molar-refractivity contribution < 1.29 is 8.42 Å². The maximum Gasteiger partial charge on any atom is 0.261 e. The van der Waals surface area contributed by atoms with Crippen LogP contribution in [0, 0.1) is 18.3 Å². The summed E-state index contributed by atoms with van der Waals surface area (Å²) in [5.41, 5.74) is 1.53. The number of nitrogens with one attached hydrogen (secondary N) is 1. The first-order valence-corrected chi connectivity index (χ1v) is 6.95. The van der Waals surface area contributed by atoms with Gasteiger partial charge >= 0.3 is 0 Å². The first-order valence-electron chi connectivity index (χ1n) is 5.46. The number of anilines is 1. The number of benzene rings is 1. The minimum absolute atomic E-state index is 0.126. The van der Waals surface area contributed by atoms with E-state index in [9.17, 15) is 8.42 Å². The van der Waals surface area contributed by atoms with Crippen LogP contribution < -0.4 is 4.72 Å². The molecule has 19 heavy (non-hydrogen) atoms. The van der Waals surface area contributed by atoms with Gasteiger partial charge in [-0.2, -0.15) is 5.26 Å². The Morgan fingerprint density at radius 1 is 1.21 bits per heavy atom. The standard InChI is InChI=1S/C13H11N3O2S/c1-10-8-13(3-2-11(10)9-14)19(17,18)16-12-4-6-15-7-5-12/h2-8H,1H3,(H,15,16). The van der Waals surface area contributed by atoms with Crippen LogP contribution in [-0.2, 0) is 10.0 Å². The second kappa shape index (κ2) is 5.08. The van der Waals surface area contributed by atoms with E-state index in [4.69, 9.17) is 5.26 Å². The summed E-state index contributed by atoms with van der Waals surface area (Å²) in [6, 6.07) is 9.51. The maximum absolute atomic E-state index is 12.1. The van der Waals surface area contributed by atoms with E-state index in [2.05, 4.69) is 9.71 Å². The lowest BCUT2D eigenvalue weighted by Gasteiger charge is -2.08. The lowest BCUT2D eigenvalue weighted by Crippen LogP contribution is -2.13. The van der Waals surface area contributed by atoms with Crippen LogP contribution in [0.2, 0.25) is 0 Å². The van der Waals surface area contributed by atoms with Gasteiger partial charge in [0.2, 0.25) is 0 Å². The molecule has 1 aromatic heterocycles. The van der Waals surface area contributed by atoms with Crippen molar-refractivity contribution >= 4 is 15.7 Å². The van der Waals surface area contributed by atoms with Crippen molar-refractivity contribution in [2.24, 2.45) is 0 Å². The number of aromatic nitrogens is 1. The van der Waals surface area contributed by atoms with Gasteiger partial charge in [0.05, 0.1) is 22.2 Å². The van der Waals surface area contributed by atoms with E-state index in [1.807, 2.05) is 6.07 Å². The van der Waals surface area contributed by atoms with Crippen molar-refractivity contribution in [1.29, 1.82) is 5.26 Å². The predicted molar refractivity (Wildman–Crippen MR) is 70.9 cm³/mol. The van der Waals surface area contributed by atoms with Crippen LogP contribution in [0.15, 0.2) is 47.6 Å². The molecule has 0 fully saturated rings. The molecule has 0 unspecified atom stereocenters. The average Bonchev–Trinajstić information content (AvgIpc) is 2.39. The van der Waals surface area contributed by atoms with Crippen molar-refractivity contribution in [3.05, 3.63) is 53.9 Å². The van der Waals surface area contributed by atoms with Crippen LogP contribution >= 0.6 is 0 Å². The summed E-state index contributed by atoms with van der Waals surface area (Å²) >= 11 is 0. The van der Waals surface area contributed by atoms with Gasteiger partial charge in [0.15, 0.2) is 0 Å². The quantitative estimate of drug-likeness (QED) is 0.927. The van der Waals surface area contributed by atoms with Crippen molar-refractivity contribution in [3.63, 3.8) is 0 Å². The highest BCUT2D eigenvalue weighted by Gasteiger charge is 2.15. The first-order chi connectivity index (χ1) is 9.03. The molecule has 5 nitrogen and oxygen atoms in total. The Morgan fingerprint density at radius 2 is 1.89 bits per heavy atom. The number of hydrogen-bond donors (Lipinski definition) is 1. The highest BCUT2D eigenvalue weighted by atomic mass is 32.2. The molecule has 96 valence electrons. The predicted octanol–water partition coefficient (Wildman–Crippen LogP) is 2.06. The first kappa shape index (κ1) is 13.1. The van der Waals surface area contributed by atoms with E-state index in [0.29, 0.717) is 16.8 Å². The lowest BCUT2D eigenvalue weighted by molar-refractivity contribution is 0.601. The van der Waals surface area contributed by atoms with E-state index in [1.54, 1.807) is 19.1 Å². The number of sulfonamides is 1. The van der Waals surface area contributed by atoms with Crippen LogP contribution in [0.3, 0.4) is 0 Å². The highest BCUT2D eigenvalue weighted by Crippen LogP contribution is 2.18. The molecular weight excluding hydrogens is 262 g/mol. The summed E-state index contributed by atoms with van der Waals surface area (Å²) < 4.78 is 26.7. The van der Waals surface area contributed by atoms with Gasteiger partial charge < -0.3 is 0 Å². The van der Waals surface area contributed by atoms with Crippen LogP contribution in [0.25, 0.3) is 0 Å². The average molecular weight is 273 g/mol. The zero-order valence-corrected chi connectivity index (χ0v) is 11.0. The van der Waals surface area contributed by atoms with Crippen LogP contribution in [-0.4, -0.2) is 13.4 Å². The smallest absolute Gasteiger partial charge is 0.261 e. The Morgan fingerprint density at radius 3 is 2.47 bits per heavy atom. The van der Waals surface area contributed by atoms with E-state index in [1.165, 1.54) is 30.6 Å². The number of pyridine rings is 1. The van der Waals surface area contributed by atoms with Gasteiger partial charge in [0, 0.05) is 12.4 Å². The minimum atomic E-state index is -3.65. The Kier molecular flexibility index (Phi) is 3.49. The zero-order valence-electron chi connectivity index (χ0n) is 10.2. The molecule has 0 saturated carbocycles. The number of aryl methyl sites for hydroxylation is 1. The van der Waals surface area contributed by atoms with Gasteiger partial charge in [-0.15, -0.1) is 0 Å². The SMILES string of the molecule is Cc1cc(S(=O)(=O)Nc2ccncc2)ccc1C#N. The molecule has 0 amide bonds. The fourth-order valence-electron chi connectivity index (χ4n) is 1.56. The Bertz CT molecular complexity index is 734. The number of nitrogens with zero attached hydrogens (tertiary/aromatic N) is 2. The van der Waals surface area contributed by atoms with Crippen molar-refractivity contribution in [2.45, 2.75) is 11.8 Å². The second-order valence-electron chi connectivity index (χ2n) is 3.93. The van der Waals surface area contributed by atoms with Crippen molar-refractivity contribution in [2.75, 3.05) is 4.72 Å². The molecule has 0 aliphatic rings. The summed E-state index contributed by atoms with van der Waals surface area (Å²) in [5.74, 6) is 0. The molecule has 0 radical (unpaired) electrons. The fraction of sp³-hybridized carbons (Fsp3) is 0.0769. The normalized spacial score (nSPS) is 10.7. The van der Waals surface area contributed by atoms with E-state index < -0.39 is 10.0 Å². The van der Waals surface area contributed by atoms with Crippen molar-refractivity contribution in [1.82, 2.24) is 4.98 Å². The number of hydrogen-bond acceptors (Lipinski definition) is 4. The number of nitriles is 1. The molecule has 0 aliphatic heterocycles. The van der Waals surface area contributed by atoms with E-state index in [-0.39, 0.29) is 4.90 Å². The molecule has 0 bridgehead atoms. The van der Waals surface area contributed by atoms with E-state index >= 15 is 0 Å². The highest BCUT2D eigenvalue weighted by molar-refractivity contribution is 7.92. The van der Waals surface area contributed by atoms with E-state index in [0.717, 1.165) is 0 Å². The minimum Gasteiger partial charge on any atom is -0.280 e. The molecule has 0 atom stereocenters. The largest absolute Gasteiger partial charge is 0.280 e. The van der Waals surface area contributed by atoms with Crippen LogP contribution in [0.4, 0.5) is 5.69 Å². The number of rotatable bonds is 3. The molecule has 2 rings (SSSR count). The summed E-state index contributed by atoms with van der Waals surface area (Å²) in [6.07, 6.45) is 3.00. The Hall–Kier alpha value is -2.39.